The average Bonchev–Trinajstić information content (AvgIpc) is 2.67. The molecule has 4 heteroatoms. The van der Waals surface area contributed by atoms with Crippen molar-refractivity contribution in [1.82, 2.24) is 10.3 Å². The topological polar surface area (TPSA) is 34.1 Å². The number of hydrogen-bond acceptors (Lipinski definition) is 3. The molecule has 0 saturated carbocycles. The monoisotopic (exact) mass is 336 g/mol. The summed E-state index contributed by atoms with van der Waals surface area (Å²) in [5, 5.41) is 3.63. The first-order chi connectivity index (χ1) is 12.2. The predicted octanol–water partition coefficient (Wildman–Crippen LogP) is 4.67. The fraction of sp³-hybridized carbons (Fsp3) is 0.190. The molecule has 0 amide bonds. The summed E-state index contributed by atoms with van der Waals surface area (Å²) >= 11 is 0. The number of pyridine rings is 1. The maximum absolute atomic E-state index is 13.3. The molecule has 128 valence electrons. The summed E-state index contributed by atoms with van der Waals surface area (Å²) in [5.41, 5.74) is 3.14. The van der Waals surface area contributed by atoms with Gasteiger partial charge in [-0.05, 0) is 48.4 Å². The lowest BCUT2D eigenvalue weighted by atomic mass is 9.97. The van der Waals surface area contributed by atoms with Crippen molar-refractivity contribution in [2.45, 2.75) is 19.0 Å². The van der Waals surface area contributed by atoms with Gasteiger partial charge in [-0.15, -0.1) is 0 Å². The zero-order chi connectivity index (χ0) is 17.6. The molecule has 1 aromatic heterocycles. The smallest absolute Gasteiger partial charge is 0.123 e. The Balaban J connectivity index is 1.93. The van der Waals surface area contributed by atoms with E-state index in [9.17, 15) is 4.39 Å². The molecule has 0 aliphatic rings. The van der Waals surface area contributed by atoms with E-state index in [2.05, 4.69) is 17.2 Å². The van der Waals surface area contributed by atoms with Crippen LogP contribution >= 0.6 is 0 Å². The Morgan fingerprint density at radius 2 is 1.56 bits per heavy atom. The Morgan fingerprint density at radius 3 is 2.24 bits per heavy atom. The van der Waals surface area contributed by atoms with E-state index in [0.29, 0.717) is 0 Å². The Hall–Kier alpha value is -2.72. The Bertz CT molecular complexity index is 806. The third-order valence-corrected chi connectivity index (χ3v) is 4.26. The summed E-state index contributed by atoms with van der Waals surface area (Å²) in [6, 6.07) is 18.4. The van der Waals surface area contributed by atoms with Crippen molar-refractivity contribution in [3.8, 4) is 5.75 Å². The summed E-state index contributed by atoms with van der Waals surface area (Å²) in [6.45, 7) is 2.09. The van der Waals surface area contributed by atoms with Crippen LogP contribution in [0.3, 0.4) is 0 Å². The van der Waals surface area contributed by atoms with Crippen LogP contribution in [0.15, 0.2) is 73.1 Å². The number of benzene rings is 2. The van der Waals surface area contributed by atoms with Crippen LogP contribution in [-0.4, -0.2) is 12.1 Å². The van der Waals surface area contributed by atoms with Gasteiger partial charge in [0.1, 0.15) is 11.6 Å². The van der Waals surface area contributed by atoms with Crippen molar-refractivity contribution in [3.05, 3.63) is 95.6 Å². The zero-order valence-corrected chi connectivity index (χ0v) is 14.3. The molecule has 0 radical (unpaired) electrons. The van der Waals surface area contributed by atoms with Crippen molar-refractivity contribution in [2.75, 3.05) is 7.11 Å². The third-order valence-electron chi connectivity index (χ3n) is 4.26. The third kappa shape index (κ3) is 4.03. The molecule has 2 atom stereocenters. The summed E-state index contributed by atoms with van der Waals surface area (Å²) in [6.07, 6.45) is 3.53. The summed E-state index contributed by atoms with van der Waals surface area (Å²) < 4.78 is 18.8. The van der Waals surface area contributed by atoms with E-state index in [0.717, 1.165) is 22.4 Å². The van der Waals surface area contributed by atoms with Crippen LogP contribution < -0.4 is 10.1 Å². The van der Waals surface area contributed by atoms with Gasteiger partial charge in [0.15, 0.2) is 0 Å². The number of nitrogens with one attached hydrogen (secondary N) is 1. The van der Waals surface area contributed by atoms with Crippen LogP contribution in [0.5, 0.6) is 5.75 Å². The molecule has 0 fully saturated rings. The van der Waals surface area contributed by atoms with E-state index in [1.54, 1.807) is 19.5 Å². The molecule has 1 heterocycles. The maximum atomic E-state index is 13.3. The standard InChI is InChI=1S/C21H21FN2O/c1-15(19-5-3-4-6-20(19)25-2)24-21(17-11-13-23-14-12-17)16-7-9-18(22)10-8-16/h3-15,21,24H,1-2H3/t15-,21-/m0/s1. The van der Waals surface area contributed by atoms with E-state index in [1.807, 2.05) is 48.5 Å². The van der Waals surface area contributed by atoms with Gasteiger partial charge in [-0.3, -0.25) is 10.3 Å². The van der Waals surface area contributed by atoms with Gasteiger partial charge < -0.3 is 4.74 Å². The van der Waals surface area contributed by atoms with Crippen molar-refractivity contribution >= 4 is 0 Å². The van der Waals surface area contributed by atoms with Crippen molar-refractivity contribution < 1.29 is 9.13 Å². The first-order valence-corrected chi connectivity index (χ1v) is 8.23. The lowest BCUT2D eigenvalue weighted by molar-refractivity contribution is 0.398. The summed E-state index contributed by atoms with van der Waals surface area (Å²) in [5.74, 6) is 0.602. The SMILES string of the molecule is COc1ccccc1[C@H](C)N[C@H](c1ccncc1)c1ccc(F)cc1. The molecule has 0 spiro atoms. The minimum atomic E-state index is -0.241. The van der Waals surface area contributed by atoms with Gasteiger partial charge in [-0.1, -0.05) is 30.3 Å². The number of aromatic nitrogens is 1. The minimum absolute atomic E-state index is 0.0411. The highest BCUT2D eigenvalue weighted by Crippen LogP contribution is 2.29. The number of hydrogen-bond donors (Lipinski definition) is 1. The molecular weight excluding hydrogens is 315 g/mol. The molecule has 25 heavy (non-hydrogen) atoms. The molecule has 0 aliphatic carbocycles. The van der Waals surface area contributed by atoms with Gasteiger partial charge in [0.05, 0.1) is 13.2 Å². The highest BCUT2D eigenvalue weighted by atomic mass is 19.1. The summed E-state index contributed by atoms with van der Waals surface area (Å²) in [4.78, 5) is 4.09. The lowest BCUT2D eigenvalue weighted by Crippen LogP contribution is -2.26. The largest absolute Gasteiger partial charge is 0.496 e. The van der Waals surface area contributed by atoms with Crippen molar-refractivity contribution in [2.24, 2.45) is 0 Å². The fourth-order valence-corrected chi connectivity index (χ4v) is 2.96. The Kier molecular flexibility index (Phi) is 5.41. The fourth-order valence-electron chi connectivity index (χ4n) is 2.96. The normalized spacial score (nSPS) is 13.2. The number of methoxy groups -OCH3 is 1. The predicted molar refractivity (Wildman–Crippen MR) is 97.0 cm³/mol. The highest BCUT2D eigenvalue weighted by molar-refractivity contribution is 5.37. The lowest BCUT2D eigenvalue weighted by Gasteiger charge is -2.25. The van der Waals surface area contributed by atoms with Gasteiger partial charge in [0, 0.05) is 24.0 Å². The van der Waals surface area contributed by atoms with Crippen molar-refractivity contribution in [1.29, 1.82) is 0 Å². The van der Waals surface area contributed by atoms with E-state index in [-0.39, 0.29) is 17.9 Å². The number of ether oxygens (including phenoxy) is 1. The van der Waals surface area contributed by atoms with Gasteiger partial charge in [0.2, 0.25) is 0 Å². The molecule has 0 saturated heterocycles. The Morgan fingerprint density at radius 1 is 0.920 bits per heavy atom. The second-order valence-corrected chi connectivity index (χ2v) is 5.90. The zero-order valence-electron chi connectivity index (χ0n) is 14.3. The van der Waals surface area contributed by atoms with Gasteiger partial charge >= 0.3 is 0 Å². The van der Waals surface area contributed by atoms with Gasteiger partial charge in [0.25, 0.3) is 0 Å². The van der Waals surface area contributed by atoms with Crippen LogP contribution in [0.1, 0.15) is 35.7 Å². The van der Waals surface area contributed by atoms with Crippen molar-refractivity contribution in [3.63, 3.8) is 0 Å². The van der Waals surface area contributed by atoms with E-state index < -0.39 is 0 Å². The molecule has 3 nitrogen and oxygen atoms in total. The van der Waals surface area contributed by atoms with Gasteiger partial charge in [-0.2, -0.15) is 0 Å². The maximum Gasteiger partial charge on any atom is 0.123 e. The van der Waals surface area contributed by atoms with E-state index in [4.69, 9.17) is 4.74 Å². The van der Waals surface area contributed by atoms with Crippen LogP contribution in [-0.2, 0) is 0 Å². The molecule has 3 rings (SSSR count). The van der Waals surface area contributed by atoms with E-state index in [1.165, 1.54) is 12.1 Å². The minimum Gasteiger partial charge on any atom is -0.496 e. The second kappa shape index (κ2) is 7.90. The van der Waals surface area contributed by atoms with Crippen LogP contribution in [0.4, 0.5) is 4.39 Å². The average molecular weight is 336 g/mol. The quantitative estimate of drug-likeness (QED) is 0.710. The van der Waals surface area contributed by atoms with Crippen LogP contribution in [0, 0.1) is 5.82 Å². The molecule has 0 unspecified atom stereocenters. The second-order valence-electron chi connectivity index (χ2n) is 5.90. The van der Waals surface area contributed by atoms with Crippen LogP contribution in [0.2, 0.25) is 0 Å². The van der Waals surface area contributed by atoms with Gasteiger partial charge in [-0.25, -0.2) is 4.39 Å². The molecule has 3 aromatic rings. The number of nitrogens with zero attached hydrogens (tertiary/aromatic N) is 1. The molecular formula is C21H21FN2O. The molecule has 0 aliphatic heterocycles. The highest BCUT2D eigenvalue weighted by Gasteiger charge is 2.19. The Labute approximate surface area is 147 Å². The van der Waals surface area contributed by atoms with E-state index >= 15 is 0 Å². The molecule has 0 bridgehead atoms. The number of halogens is 1. The van der Waals surface area contributed by atoms with Crippen LogP contribution in [0.25, 0.3) is 0 Å². The number of para-hydroxylation sites is 1. The number of rotatable bonds is 6. The molecule has 1 N–H and O–H groups in total. The summed E-state index contributed by atoms with van der Waals surface area (Å²) in [7, 11) is 1.67. The molecule has 2 aromatic carbocycles. The first kappa shape index (κ1) is 17.1. The first-order valence-electron chi connectivity index (χ1n) is 8.23.